The summed E-state index contributed by atoms with van der Waals surface area (Å²) in [4.78, 5) is 16.5. The van der Waals surface area contributed by atoms with E-state index in [2.05, 4.69) is 55.1 Å². The molecule has 3 heterocycles. The third-order valence-electron chi connectivity index (χ3n) is 5.64. The van der Waals surface area contributed by atoms with Crippen LogP contribution in [0.2, 0.25) is 0 Å². The molecule has 2 aliphatic heterocycles. The molecular weight excluding hydrogens is 513 g/mol. The zero-order valence-corrected chi connectivity index (χ0v) is 22.0. The number of nitrogens with zero attached hydrogens (tertiary/aromatic N) is 6. The number of ether oxygens (including phenoxy) is 1. The monoisotopic (exact) mass is 551 g/mol. The van der Waals surface area contributed by atoms with Gasteiger partial charge in [-0.3, -0.25) is 9.89 Å². The van der Waals surface area contributed by atoms with Crippen LogP contribution in [0.1, 0.15) is 33.0 Å². The van der Waals surface area contributed by atoms with Gasteiger partial charge in [0.15, 0.2) is 5.96 Å². The molecule has 1 aromatic rings. The number of halogens is 1. The molecule has 2 fully saturated rings. The summed E-state index contributed by atoms with van der Waals surface area (Å²) in [5, 5.41) is 4.71. The second kappa shape index (κ2) is 13.0. The molecule has 0 radical (unpaired) electrons. The van der Waals surface area contributed by atoms with E-state index in [1.54, 1.807) is 0 Å². The van der Waals surface area contributed by atoms with Gasteiger partial charge in [-0.05, 0) is 12.3 Å². The zero-order chi connectivity index (χ0) is 20.6. The van der Waals surface area contributed by atoms with Crippen molar-refractivity contribution in [3.63, 3.8) is 0 Å². The highest BCUT2D eigenvalue weighted by atomic mass is 127. The highest BCUT2D eigenvalue weighted by Gasteiger charge is 2.25. The molecule has 1 unspecified atom stereocenters. The first-order chi connectivity index (χ1) is 14.1. The predicted molar refractivity (Wildman–Crippen MR) is 135 cm³/mol. The molecular formula is C20H38IN7OS. The van der Waals surface area contributed by atoms with Crippen molar-refractivity contribution in [2.75, 3.05) is 71.0 Å². The van der Waals surface area contributed by atoms with Gasteiger partial charge in [-0.2, -0.15) is 4.37 Å². The fourth-order valence-corrected chi connectivity index (χ4v) is 4.82. The first kappa shape index (κ1) is 25.5. The van der Waals surface area contributed by atoms with Crippen molar-refractivity contribution in [1.82, 2.24) is 24.5 Å². The molecule has 0 aromatic carbocycles. The number of hydrogen-bond acceptors (Lipinski definition) is 7. The Hall–Kier alpha value is -0.720. The molecule has 0 spiro atoms. The molecule has 10 heteroatoms. The second-order valence-electron chi connectivity index (χ2n) is 8.18. The van der Waals surface area contributed by atoms with E-state index < -0.39 is 0 Å². The standard InChI is InChI=1S/C20H37N7OS.HI/c1-5-18-23-20(29-24-18)27-8-6-26(7-9-27)19(21-4)22-15-17(14-16(2)3)25-10-12-28-13-11-25;/h16-17H,5-15H2,1-4H3,(H,21,22);1H. The SMILES string of the molecule is CCc1nsc(N2CCN(C(=NC)NCC(CC(C)C)N3CCOCC3)CC2)n1.I. The average molecular weight is 552 g/mol. The van der Waals surface area contributed by atoms with Crippen LogP contribution < -0.4 is 10.2 Å². The minimum absolute atomic E-state index is 0. The van der Waals surface area contributed by atoms with E-state index in [0.29, 0.717) is 12.0 Å². The Kier molecular flexibility index (Phi) is 11.0. The molecule has 0 amide bonds. The van der Waals surface area contributed by atoms with Crippen LogP contribution in [0.5, 0.6) is 0 Å². The zero-order valence-electron chi connectivity index (χ0n) is 18.8. The van der Waals surface area contributed by atoms with E-state index in [9.17, 15) is 0 Å². The molecule has 1 atom stereocenters. The summed E-state index contributed by atoms with van der Waals surface area (Å²) in [5.74, 6) is 2.64. The molecule has 0 aliphatic carbocycles. The predicted octanol–water partition coefficient (Wildman–Crippen LogP) is 2.16. The minimum Gasteiger partial charge on any atom is -0.379 e. The van der Waals surface area contributed by atoms with Crippen LogP contribution in [0.4, 0.5) is 5.13 Å². The van der Waals surface area contributed by atoms with Gasteiger partial charge in [0, 0.05) is 76.9 Å². The van der Waals surface area contributed by atoms with Gasteiger partial charge in [0.25, 0.3) is 0 Å². The van der Waals surface area contributed by atoms with Crippen LogP contribution in [-0.4, -0.2) is 97.2 Å². The fourth-order valence-electron chi connectivity index (χ4n) is 4.02. The molecule has 172 valence electrons. The van der Waals surface area contributed by atoms with Crippen molar-refractivity contribution in [2.24, 2.45) is 10.9 Å². The van der Waals surface area contributed by atoms with Gasteiger partial charge in [-0.15, -0.1) is 24.0 Å². The van der Waals surface area contributed by atoms with Crippen LogP contribution in [0, 0.1) is 5.92 Å². The number of hydrogen-bond donors (Lipinski definition) is 1. The normalized spacial score (nSPS) is 19.7. The van der Waals surface area contributed by atoms with Crippen molar-refractivity contribution in [3.05, 3.63) is 5.82 Å². The maximum atomic E-state index is 5.54. The van der Waals surface area contributed by atoms with E-state index >= 15 is 0 Å². The van der Waals surface area contributed by atoms with Crippen molar-refractivity contribution in [2.45, 2.75) is 39.7 Å². The summed E-state index contributed by atoms with van der Waals surface area (Å²) in [7, 11) is 1.89. The number of rotatable bonds is 7. The quantitative estimate of drug-likeness (QED) is 0.317. The second-order valence-corrected chi connectivity index (χ2v) is 8.91. The molecule has 8 nitrogen and oxygen atoms in total. The lowest BCUT2D eigenvalue weighted by atomic mass is 10.0. The summed E-state index contributed by atoms with van der Waals surface area (Å²) in [6, 6.07) is 0.519. The molecule has 2 aliphatic rings. The van der Waals surface area contributed by atoms with Gasteiger partial charge in [-0.25, -0.2) is 4.98 Å². The summed E-state index contributed by atoms with van der Waals surface area (Å²) in [5.41, 5.74) is 0. The van der Waals surface area contributed by atoms with Crippen molar-refractivity contribution in [3.8, 4) is 0 Å². The Labute approximate surface area is 202 Å². The van der Waals surface area contributed by atoms with Crippen LogP contribution in [-0.2, 0) is 11.2 Å². The number of aryl methyl sites for hydroxylation is 1. The molecule has 3 rings (SSSR count). The first-order valence-electron chi connectivity index (χ1n) is 11.0. The van der Waals surface area contributed by atoms with Crippen molar-refractivity contribution in [1.29, 1.82) is 0 Å². The highest BCUT2D eigenvalue weighted by Crippen LogP contribution is 2.19. The Morgan fingerprint density at radius 2 is 1.87 bits per heavy atom. The van der Waals surface area contributed by atoms with Gasteiger partial charge in [-0.1, -0.05) is 20.8 Å². The number of morpholine rings is 1. The number of piperazine rings is 1. The van der Waals surface area contributed by atoms with E-state index in [0.717, 1.165) is 82.4 Å². The third-order valence-corrected chi connectivity index (χ3v) is 6.45. The third kappa shape index (κ3) is 7.16. The summed E-state index contributed by atoms with van der Waals surface area (Å²) in [6.45, 7) is 15.2. The maximum Gasteiger partial charge on any atom is 0.205 e. The summed E-state index contributed by atoms with van der Waals surface area (Å²) < 4.78 is 9.97. The Balaban J connectivity index is 0.00000320. The number of aromatic nitrogens is 2. The average Bonchev–Trinajstić information content (AvgIpc) is 3.23. The van der Waals surface area contributed by atoms with Gasteiger partial charge in [0.05, 0.1) is 13.2 Å². The number of anilines is 1. The summed E-state index contributed by atoms with van der Waals surface area (Å²) in [6.07, 6.45) is 2.09. The molecule has 1 aromatic heterocycles. The smallest absolute Gasteiger partial charge is 0.205 e. The Morgan fingerprint density at radius 3 is 2.43 bits per heavy atom. The van der Waals surface area contributed by atoms with Gasteiger partial charge >= 0.3 is 0 Å². The Morgan fingerprint density at radius 1 is 1.17 bits per heavy atom. The summed E-state index contributed by atoms with van der Waals surface area (Å²) >= 11 is 1.52. The first-order valence-corrected chi connectivity index (χ1v) is 11.7. The highest BCUT2D eigenvalue weighted by molar-refractivity contribution is 14.0. The Bertz CT molecular complexity index is 643. The van der Waals surface area contributed by atoms with E-state index in [1.165, 1.54) is 18.0 Å². The number of nitrogens with one attached hydrogen (secondary N) is 1. The molecule has 0 saturated carbocycles. The molecule has 2 saturated heterocycles. The van der Waals surface area contributed by atoms with Crippen LogP contribution in [0.25, 0.3) is 0 Å². The van der Waals surface area contributed by atoms with Gasteiger partial charge < -0.3 is 19.9 Å². The molecule has 30 heavy (non-hydrogen) atoms. The molecule has 0 bridgehead atoms. The van der Waals surface area contributed by atoms with Crippen LogP contribution in [0.3, 0.4) is 0 Å². The van der Waals surface area contributed by atoms with E-state index in [1.807, 2.05) is 7.05 Å². The molecule has 1 N–H and O–H groups in total. The van der Waals surface area contributed by atoms with Gasteiger partial charge in [0.2, 0.25) is 5.13 Å². The van der Waals surface area contributed by atoms with Crippen LogP contribution >= 0.6 is 35.5 Å². The lowest BCUT2D eigenvalue weighted by Crippen LogP contribution is -2.55. The van der Waals surface area contributed by atoms with E-state index in [-0.39, 0.29) is 24.0 Å². The minimum atomic E-state index is 0. The van der Waals surface area contributed by atoms with Crippen molar-refractivity contribution >= 4 is 46.6 Å². The number of guanidine groups is 1. The largest absolute Gasteiger partial charge is 0.379 e. The topological polar surface area (TPSA) is 69.1 Å². The van der Waals surface area contributed by atoms with Crippen molar-refractivity contribution < 1.29 is 4.74 Å². The lowest BCUT2D eigenvalue weighted by molar-refractivity contribution is 0.0131. The fraction of sp³-hybridized carbons (Fsp3) is 0.850. The number of aliphatic imine (C=N–C) groups is 1. The van der Waals surface area contributed by atoms with Crippen LogP contribution in [0.15, 0.2) is 4.99 Å². The van der Waals surface area contributed by atoms with Gasteiger partial charge in [0.1, 0.15) is 5.82 Å². The maximum absolute atomic E-state index is 5.54. The van der Waals surface area contributed by atoms with E-state index in [4.69, 9.17) is 4.74 Å². The lowest BCUT2D eigenvalue weighted by Gasteiger charge is -2.38.